The van der Waals surface area contributed by atoms with Gasteiger partial charge >= 0.3 is 18.2 Å². The molecule has 2 rings (SSSR count). The Kier molecular flexibility index (Phi) is 9.95. The van der Waals surface area contributed by atoms with E-state index < -0.39 is 37.2 Å². The van der Waals surface area contributed by atoms with Crippen LogP contribution in [0.1, 0.15) is 36.5 Å². The summed E-state index contributed by atoms with van der Waals surface area (Å²) in [5, 5.41) is 3.06. The van der Waals surface area contributed by atoms with Gasteiger partial charge in [0.05, 0.1) is 12.2 Å². The number of ether oxygens (including phenoxy) is 3. The summed E-state index contributed by atoms with van der Waals surface area (Å²) in [6.45, 7) is 0.605. The van der Waals surface area contributed by atoms with Gasteiger partial charge in [0.25, 0.3) is 11.8 Å². The van der Waals surface area contributed by atoms with Crippen molar-refractivity contribution in [3.8, 4) is 11.5 Å². The Morgan fingerprint density at radius 2 is 1.71 bits per heavy atom. The average Bonchev–Trinajstić information content (AvgIpc) is 2.80. The molecule has 2 N–H and O–H groups in total. The first kappa shape index (κ1) is 26.7. The van der Waals surface area contributed by atoms with E-state index in [1.807, 2.05) is 0 Å². The van der Waals surface area contributed by atoms with Crippen LogP contribution in [0.4, 0.5) is 18.0 Å². The van der Waals surface area contributed by atoms with Gasteiger partial charge in [-0.25, -0.2) is 9.59 Å². The third-order valence-electron chi connectivity index (χ3n) is 4.58. The number of likely N-dealkylation sites (tertiary alicyclic amines) is 1. The maximum absolute atomic E-state index is 12.3. The molecule has 0 spiro atoms. The number of alkyl halides is 3. The lowest BCUT2D eigenvalue weighted by Gasteiger charge is -2.26. The van der Waals surface area contributed by atoms with E-state index >= 15 is 0 Å². The molecule has 1 fully saturated rings. The van der Waals surface area contributed by atoms with E-state index in [4.69, 9.17) is 14.2 Å². The van der Waals surface area contributed by atoms with Crippen molar-refractivity contribution >= 4 is 23.8 Å². The van der Waals surface area contributed by atoms with Crippen molar-refractivity contribution < 1.29 is 46.6 Å². The molecule has 0 aliphatic carbocycles. The molecule has 0 atom stereocenters. The zero-order chi connectivity index (χ0) is 25.1. The molecule has 1 aliphatic rings. The molecule has 188 valence electrons. The average molecular weight is 489 g/mol. The van der Waals surface area contributed by atoms with Crippen LogP contribution in [0.5, 0.6) is 11.5 Å². The molecule has 13 heteroatoms. The lowest BCUT2D eigenvalue weighted by atomic mass is 10.1. The van der Waals surface area contributed by atoms with Gasteiger partial charge in [-0.1, -0.05) is 0 Å². The SMILES string of the molecule is CCOc1cc(C(=O)OCC(=O)NC(=O)NCC(F)(F)F)ccc1OCC(=O)N1CCCCC1. The first-order chi connectivity index (χ1) is 16.1. The Morgan fingerprint density at radius 1 is 1.00 bits per heavy atom. The number of esters is 1. The van der Waals surface area contributed by atoms with Crippen LogP contribution in [-0.2, 0) is 14.3 Å². The molecule has 0 bridgehead atoms. The molecule has 0 saturated carbocycles. The third kappa shape index (κ3) is 9.16. The minimum absolute atomic E-state index is 0.00696. The fraction of sp³-hybridized carbons (Fsp3) is 0.524. The number of urea groups is 1. The van der Waals surface area contributed by atoms with E-state index in [-0.39, 0.29) is 36.2 Å². The molecular formula is C21H26F3N3O7. The van der Waals surface area contributed by atoms with Gasteiger partial charge in [0, 0.05) is 13.1 Å². The maximum atomic E-state index is 12.3. The second-order valence-electron chi connectivity index (χ2n) is 7.25. The van der Waals surface area contributed by atoms with Crippen molar-refractivity contribution in [3.05, 3.63) is 23.8 Å². The fourth-order valence-corrected chi connectivity index (χ4v) is 3.00. The summed E-state index contributed by atoms with van der Waals surface area (Å²) < 4.78 is 52.0. The standard InChI is InChI=1S/C21H26F3N3O7/c1-2-32-16-10-14(6-7-15(16)33-12-18(29)27-8-4-3-5-9-27)19(30)34-11-17(28)26-20(31)25-13-21(22,23)24/h6-7,10H,2-5,8-9,11-13H2,1H3,(H2,25,26,28,31). The van der Waals surface area contributed by atoms with E-state index in [1.54, 1.807) is 17.1 Å². The van der Waals surface area contributed by atoms with Gasteiger partial charge in [-0.15, -0.1) is 0 Å². The van der Waals surface area contributed by atoms with Crippen LogP contribution in [0.15, 0.2) is 18.2 Å². The summed E-state index contributed by atoms with van der Waals surface area (Å²) in [5.41, 5.74) is -0.00696. The summed E-state index contributed by atoms with van der Waals surface area (Å²) >= 11 is 0. The van der Waals surface area contributed by atoms with Crippen molar-refractivity contribution in [2.45, 2.75) is 32.4 Å². The molecule has 1 heterocycles. The molecular weight excluding hydrogens is 463 g/mol. The number of imide groups is 1. The van der Waals surface area contributed by atoms with Crippen molar-refractivity contribution in [3.63, 3.8) is 0 Å². The Morgan fingerprint density at radius 3 is 2.35 bits per heavy atom. The zero-order valence-corrected chi connectivity index (χ0v) is 18.5. The molecule has 34 heavy (non-hydrogen) atoms. The van der Waals surface area contributed by atoms with Gasteiger partial charge in [0.2, 0.25) is 0 Å². The van der Waals surface area contributed by atoms with Crippen molar-refractivity contribution in [2.24, 2.45) is 0 Å². The maximum Gasteiger partial charge on any atom is 0.405 e. The topological polar surface area (TPSA) is 123 Å². The molecule has 1 saturated heterocycles. The number of hydrogen-bond acceptors (Lipinski definition) is 7. The number of benzene rings is 1. The predicted molar refractivity (Wildman–Crippen MR) is 111 cm³/mol. The summed E-state index contributed by atoms with van der Waals surface area (Å²) in [4.78, 5) is 49.1. The van der Waals surface area contributed by atoms with Gasteiger partial charge in [0.15, 0.2) is 24.7 Å². The van der Waals surface area contributed by atoms with Gasteiger partial charge in [-0.2, -0.15) is 13.2 Å². The van der Waals surface area contributed by atoms with Crippen molar-refractivity contribution in [1.29, 1.82) is 0 Å². The highest BCUT2D eigenvalue weighted by molar-refractivity contribution is 5.97. The van der Waals surface area contributed by atoms with Crippen LogP contribution in [0, 0.1) is 0 Å². The molecule has 0 unspecified atom stereocenters. The lowest BCUT2D eigenvalue weighted by Crippen LogP contribution is -2.44. The first-order valence-electron chi connectivity index (χ1n) is 10.6. The normalized spacial score (nSPS) is 13.6. The number of hydrogen-bond donors (Lipinski definition) is 2. The number of rotatable bonds is 9. The quantitative estimate of drug-likeness (QED) is 0.509. The van der Waals surface area contributed by atoms with E-state index in [2.05, 4.69) is 0 Å². The van der Waals surface area contributed by atoms with Crippen LogP contribution in [0.25, 0.3) is 0 Å². The smallest absolute Gasteiger partial charge is 0.405 e. The van der Waals surface area contributed by atoms with E-state index in [0.29, 0.717) is 13.1 Å². The monoisotopic (exact) mass is 489 g/mol. The van der Waals surface area contributed by atoms with E-state index in [9.17, 15) is 32.3 Å². The lowest BCUT2D eigenvalue weighted by molar-refractivity contribution is -0.134. The second-order valence-corrected chi connectivity index (χ2v) is 7.25. The van der Waals surface area contributed by atoms with Crippen molar-refractivity contribution in [1.82, 2.24) is 15.5 Å². The second kappa shape index (κ2) is 12.7. The molecule has 0 aromatic heterocycles. The number of nitrogens with one attached hydrogen (secondary N) is 2. The number of carbonyl (C=O) groups excluding carboxylic acids is 4. The number of nitrogens with zero attached hydrogens (tertiary/aromatic N) is 1. The highest BCUT2D eigenvalue weighted by Crippen LogP contribution is 2.29. The molecule has 4 amide bonds. The van der Waals surface area contributed by atoms with Gasteiger partial charge in [0.1, 0.15) is 6.54 Å². The number of amides is 4. The van der Waals surface area contributed by atoms with Crippen LogP contribution in [0.2, 0.25) is 0 Å². The molecule has 0 radical (unpaired) electrons. The molecule has 1 aromatic rings. The fourth-order valence-electron chi connectivity index (χ4n) is 3.00. The molecule has 10 nitrogen and oxygen atoms in total. The highest BCUT2D eigenvalue weighted by atomic mass is 19.4. The van der Waals surface area contributed by atoms with Gasteiger partial charge in [-0.05, 0) is 44.4 Å². The van der Waals surface area contributed by atoms with Gasteiger partial charge in [-0.3, -0.25) is 14.9 Å². The summed E-state index contributed by atoms with van der Waals surface area (Å²) in [7, 11) is 0. The third-order valence-corrected chi connectivity index (χ3v) is 4.58. The number of halogens is 3. The number of carbonyl (C=O) groups is 4. The van der Waals surface area contributed by atoms with Crippen LogP contribution < -0.4 is 20.1 Å². The Labute approximate surface area is 193 Å². The Bertz CT molecular complexity index is 887. The number of piperidine rings is 1. The van der Waals surface area contributed by atoms with Crippen LogP contribution >= 0.6 is 0 Å². The predicted octanol–water partition coefficient (Wildman–Crippen LogP) is 2.02. The van der Waals surface area contributed by atoms with Crippen LogP contribution in [-0.4, -0.2) is 74.3 Å². The highest BCUT2D eigenvalue weighted by Gasteiger charge is 2.28. The van der Waals surface area contributed by atoms with E-state index in [0.717, 1.165) is 19.3 Å². The molecule has 1 aliphatic heterocycles. The summed E-state index contributed by atoms with van der Waals surface area (Å²) in [6.07, 6.45) is -1.66. The largest absolute Gasteiger partial charge is 0.490 e. The van der Waals surface area contributed by atoms with Crippen LogP contribution in [0.3, 0.4) is 0 Å². The minimum Gasteiger partial charge on any atom is -0.490 e. The van der Waals surface area contributed by atoms with Crippen molar-refractivity contribution in [2.75, 3.05) is 39.5 Å². The van der Waals surface area contributed by atoms with Gasteiger partial charge < -0.3 is 24.4 Å². The Hall–Kier alpha value is -3.51. The summed E-state index contributed by atoms with van der Waals surface area (Å²) in [6, 6.07) is 2.67. The van der Waals surface area contributed by atoms with E-state index in [1.165, 1.54) is 23.5 Å². The summed E-state index contributed by atoms with van der Waals surface area (Å²) in [5.74, 6) is -1.80. The molecule has 1 aromatic carbocycles. The first-order valence-corrected chi connectivity index (χ1v) is 10.6. The zero-order valence-electron chi connectivity index (χ0n) is 18.5. The Balaban J connectivity index is 1.88. The minimum atomic E-state index is -4.64.